The number of ether oxygens (including phenoxy) is 5. The average molecular weight is 791 g/mol. The number of allylic oxidation sites excluding steroid dienone is 1. The Morgan fingerprint density at radius 2 is 1.25 bits per heavy atom. The van der Waals surface area contributed by atoms with Gasteiger partial charge in [-0.1, -0.05) is 25.5 Å². The number of carbonyl (C=O) groups is 1. The molecule has 3 heterocycles. The van der Waals surface area contributed by atoms with Crippen molar-refractivity contribution in [2.24, 2.45) is 34.5 Å². The summed E-state index contributed by atoms with van der Waals surface area (Å²) in [6.45, 7) is 6.68. The summed E-state index contributed by atoms with van der Waals surface area (Å²) >= 11 is 0. The van der Waals surface area contributed by atoms with E-state index in [1.807, 2.05) is 6.92 Å². The van der Waals surface area contributed by atoms with Gasteiger partial charge >= 0.3 is 5.97 Å². The predicted octanol–water partition coefficient (Wildman–Crippen LogP) is -2.42. The number of esters is 1. The monoisotopic (exact) mass is 790 g/mol. The maximum atomic E-state index is 14.1. The van der Waals surface area contributed by atoms with Gasteiger partial charge in [-0.25, -0.2) is 0 Å². The van der Waals surface area contributed by atoms with Crippen LogP contribution < -0.4 is 0 Å². The normalized spacial score (nSPS) is 52.1. The molecule has 0 aromatic carbocycles. The van der Waals surface area contributed by atoms with Crippen LogP contribution in [0.3, 0.4) is 0 Å². The zero-order chi connectivity index (χ0) is 40.1. The number of hydrogen-bond donors (Lipinski definition) is 11. The Hall–Kier alpha value is -1.39. The molecular formula is C38H62O17. The van der Waals surface area contributed by atoms with E-state index in [2.05, 4.69) is 13.5 Å². The first-order chi connectivity index (χ1) is 26.0. The van der Waals surface area contributed by atoms with E-state index in [0.29, 0.717) is 19.3 Å². The molecule has 0 bridgehead atoms. The first-order valence-electron chi connectivity index (χ1n) is 19.8. The van der Waals surface area contributed by atoms with Crippen LogP contribution in [0.1, 0.15) is 71.6 Å². The lowest BCUT2D eigenvalue weighted by molar-refractivity contribution is -0.342. The van der Waals surface area contributed by atoms with Crippen molar-refractivity contribution in [2.75, 3.05) is 19.8 Å². The topological polar surface area (TPSA) is 286 Å². The van der Waals surface area contributed by atoms with Crippen molar-refractivity contribution < 1.29 is 84.7 Å². The Morgan fingerprint density at radius 1 is 0.691 bits per heavy atom. The zero-order valence-corrected chi connectivity index (χ0v) is 31.5. The summed E-state index contributed by atoms with van der Waals surface area (Å²) in [6, 6.07) is 0. The van der Waals surface area contributed by atoms with Crippen LogP contribution in [-0.4, -0.2) is 174 Å². The lowest BCUT2D eigenvalue weighted by Crippen LogP contribution is -2.64. The highest BCUT2D eigenvalue weighted by Gasteiger charge is 2.60. The molecule has 17 heteroatoms. The Balaban J connectivity index is 1.17. The van der Waals surface area contributed by atoms with Crippen molar-refractivity contribution in [1.82, 2.24) is 0 Å². The van der Waals surface area contributed by atoms with Gasteiger partial charge in [-0.05, 0) is 87.4 Å². The lowest BCUT2D eigenvalue weighted by atomic mass is 9.45. The van der Waals surface area contributed by atoms with Crippen molar-refractivity contribution in [3.63, 3.8) is 0 Å². The number of rotatable bonds is 9. The highest BCUT2D eigenvalue weighted by Crippen LogP contribution is 2.64. The van der Waals surface area contributed by atoms with E-state index in [1.165, 1.54) is 0 Å². The van der Waals surface area contributed by atoms with Gasteiger partial charge in [0.2, 0.25) is 6.29 Å². The molecule has 6 aliphatic rings. The number of fused-ring (bicyclic) bond motifs is 3. The van der Waals surface area contributed by atoms with Gasteiger partial charge in [0.25, 0.3) is 0 Å². The number of aliphatic hydroxyl groups is 11. The van der Waals surface area contributed by atoms with Gasteiger partial charge in [-0.3, -0.25) is 4.79 Å². The largest absolute Gasteiger partial charge is 0.432 e. The van der Waals surface area contributed by atoms with Gasteiger partial charge in [-0.2, -0.15) is 0 Å². The molecular weight excluding hydrogens is 728 g/mol. The molecule has 0 radical (unpaired) electrons. The van der Waals surface area contributed by atoms with Crippen LogP contribution in [0.4, 0.5) is 0 Å². The van der Waals surface area contributed by atoms with Gasteiger partial charge in [0.15, 0.2) is 6.29 Å². The van der Waals surface area contributed by atoms with Gasteiger partial charge in [-0.15, -0.1) is 0 Å². The number of aliphatic hydroxyl groups excluding tert-OH is 11. The van der Waals surface area contributed by atoms with Crippen molar-refractivity contribution in [3.8, 4) is 0 Å². The number of carbonyl (C=O) groups excluding carboxylic acids is 1. The highest BCUT2D eigenvalue weighted by atomic mass is 16.7. The van der Waals surface area contributed by atoms with Crippen molar-refractivity contribution in [3.05, 3.63) is 12.2 Å². The lowest BCUT2D eigenvalue weighted by Gasteiger charge is -2.59. The van der Waals surface area contributed by atoms with E-state index in [-0.39, 0.29) is 35.5 Å². The quantitative estimate of drug-likeness (QED) is 0.0856. The van der Waals surface area contributed by atoms with E-state index >= 15 is 0 Å². The third-order valence-corrected chi connectivity index (χ3v) is 14.3. The summed E-state index contributed by atoms with van der Waals surface area (Å²) in [5.41, 5.74) is -0.259. The second-order valence-corrected chi connectivity index (χ2v) is 17.4. The second kappa shape index (κ2) is 17.1. The van der Waals surface area contributed by atoms with Crippen molar-refractivity contribution >= 4 is 5.97 Å². The molecule has 6 fully saturated rings. The maximum Gasteiger partial charge on any atom is 0.314 e. The standard InChI is InChI=1S/C38H62O17/c1-16-11-18-6-8-24-37(2,9-4-10-38(24,3)36(50)55-35-32(49)29(46)26(43)23(15-41)53-35)19(18)7-5-17(16)12-20-33(30(47)27(44)21(13-39)51-20)54-34-31(48)28(45)25(42)22(14-40)52-34/h17-35,39-49H,1,4-15H2,2-3H3/t17?,18?,19-,20?,21?,22?,23?,24?,25?,26?,27?,28?,29?,30?,31?,32?,33?,34?,35?,37+,38-/m1/s1. The Bertz CT molecular complexity index is 1330. The van der Waals surface area contributed by atoms with Gasteiger partial charge < -0.3 is 79.9 Å². The van der Waals surface area contributed by atoms with Crippen LogP contribution in [0.5, 0.6) is 0 Å². The summed E-state index contributed by atoms with van der Waals surface area (Å²) in [7, 11) is 0. The molecule has 6 rings (SSSR count). The van der Waals surface area contributed by atoms with E-state index < -0.39 is 123 Å². The van der Waals surface area contributed by atoms with Crippen LogP contribution in [0.2, 0.25) is 0 Å². The van der Waals surface area contributed by atoms with Crippen LogP contribution in [-0.2, 0) is 28.5 Å². The maximum absolute atomic E-state index is 14.1. The van der Waals surface area contributed by atoms with Crippen molar-refractivity contribution in [2.45, 2.75) is 164 Å². The third-order valence-electron chi connectivity index (χ3n) is 14.3. The Kier molecular flexibility index (Phi) is 13.4. The summed E-state index contributed by atoms with van der Waals surface area (Å²) in [5.74, 6) is -0.350. The van der Waals surface area contributed by atoms with E-state index in [0.717, 1.165) is 37.7 Å². The molecule has 0 amide bonds. The molecule has 3 saturated heterocycles. The highest BCUT2D eigenvalue weighted by molar-refractivity contribution is 5.77. The molecule has 0 spiro atoms. The molecule has 3 aliphatic carbocycles. The fourth-order valence-electron chi connectivity index (χ4n) is 11.1. The van der Waals surface area contributed by atoms with Crippen LogP contribution in [0, 0.1) is 34.5 Å². The average Bonchev–Trinajstić information content (AvgIpc) is 3.32. The minimum Gasteiger partial charge on any atom is -0.432 e. The van der Waals surface area contributed by atoms with Gasteiger partial charge in [0.05, 0.1) is 31.3 Å². The molecule has 21 atom stereocenters. The molecule has 0 aromatic heterocycles. The van der Waals surface area contributed by atoms with Crippen molar-refractivity contribution in [1.29, 1.82) is 0 Å². The van der Waals surface area contributed by atoms with E-state index in [9.17, 15) is 61.0 Å². The molecule has 3 saturated carbocycles. The van der Waals surface area contributed by atoms with E-state index in [4.69, 9.17) is 23.7 Å². The Labute approximate surface area is 320 Å². The fourth-order valence-corrected chi connectivity index (χ4v) is 11.1. The first-order valence-corrected chi connectivity index (χ1v) is 19.8. The zero-order valence-electron chi connectivity index (χ0n) is 31.5. The predicted molar refractivity (Wildman–Crippen MR) is 187 cm³/mol. The van der Waals surface area contributed by atoms with Gasteiger partial charge in [0.1, 0.15) is 73.2 Å². The third kappa shape index (κ3) is 7.90. The minimum atomic E-state index is -1.75. The SMILES string of the molecule is C=C1CC2CCC3[C@](C)(C(=O)OC4OC(CO)C(O)C(O)C4O)CCC[C@@]3(C)[C@@H]2CCC1CC1OC(CO)C(O)C(O)C1OC1OC(CO)C(O)C(O)C1O. The summed E-state index contributed by atoms with van der Waals surface area (Å²) in [5, 5.41) is 114. The second-order valence-electron chi connectivity index (χ2n) is 17.4. The Morgan fingerprint density at radius 3 is 1.87 bits per heavy atom. The number of hydrogen-bond acceptors (Lipinski definition) is 17. The molecule has 11 N–H and O–H groups in total. The first kappa shape index (κ1) is 43.2. The molecule has 0 aromatic rings. The van der Waals surface area contributed by atoms with Gasteiger partial charge in [0, 0.05) is 0 Å². The van der Waals surface area contributed by atoms with Crippen LogP contribution in [0.25, 0.3) is 0 Å². The van der Waals surface area contributed by atoms with E-state index in [1.54, 1.807) is 0 Å². The van der Waals surface area contributed by atoms with Crippen LogP contribution >= 0.6 is 0 Å². The smallest absolute Gasteiger partial charge is 0.314 e. The van der Waals surface area contributed by atoms with Crippen LogP contribution in [0.15, 0.2) is 12.2 Å². The fraction of sp³-hybridized carbons (Fsp3) is 0.921. The summed E-state index contributed by atoms with van der Waals surface area (Å²) in [6.07, 6.45) is -16.0. The summed E-state index contributed by atoms with van der Waals surface area (Å²) < 4.78 is 28.9. The minimum absolute atomic E-state index is 0.0860. The molecule has 316 valence electrons. The molecule has 17 nitrogen and oxygen atoms in total. The summed E-state index contributed by atoms with van der Waals surface area (Å²) in [4.78, 5) is 14.1. The molecule has 18 unspecified atom stereocenters. The molecule has 3 aliphatic heterocycles. The molecule has 55 heavy (non-hydrogen) atoms.